The molecule has 29 heavy (non-hydrogen) atoms. The zero-order valence-electron chi connectivity index (χ0n) is 16.6. The number of amidine groups is 1. The van der Waals surface area contributed by atoms with Crippen LogP contribution in [-0.4, -0.2) is 33.5 Å². The third-order valence-electron chi connectivity index (χ3n) is 5.88. The fourth-order valence-electron chi connectivity index (χ4n) is 4.34. The fraction of sp³-hybridized carbons (Fsp3) is 0.409. The fourth-order valence-corrected chi connectivity index (χ4v) is 4.34. The maximum absolute atomic E-state index is 11.8. The van der Waals surface area contributed by atoms with Crippen molar-refractivity contribution in [1.29, 1.82) is 0 Å². The van der Waals surface area contributed by atoms with Crippen molar-refractivity contribution >= 4 is 17.2 Å². The number of benzene rings is 2. The summed E-state index contributed by atoms with van der Waals surface area (Å²) in [5.41, 5.74) is 1.68. The summed E-state index contributed by atoms with van der Waals surface area (Å²) < 4.78 is 2.28. The van der Waals surface area contributed by atoms with Gasteiger partial charge >= 0.3 is 0 Å². The Kier molecular flexibility index (Phi) is 6.39. The number of halogens is 1. The number of nitro groups is 1. The molecule has 1 N–H and O–H groups in total. The van der Waals surface area contributed by atoms with Gasteiger partial charge < -0.3 is 22.1 Å². The smallest absolute Gasteiger partial charge is 0.275 e. The van der Waals surface area contributed by atoms with Crippen molar-refractivity contribution in [1.82, 2.24) is 0 Å². The third-order valence-corrected chi connectivity index (χ3v) is 5.88. The molecule has 2 heterocycles. The summed E-state index contributed by atoms with van der Waals surface area (Å²) in [6.07, 6.45) is 5.30. The second-order valence-electron chi connectivity index (χ2n) is 7.62. The van der Waals surface area contributed by atoms with Crippen molar-refractivity contribution in [2.24, 2.45) is 0 Å². The van der Waals surface area contributed by atoms with E-state index in [9.17, 15) is 15.2 Å². The van der Waals surface area contributed by atoms with Gasteiger partial charge in [-0.1, -0.05) is 19.1 Å². The number of anilines is 1. The first-order chi connectivity index (χ1) is 13.5. The van der Waals surface area contributed by atoms with Crippen LogP contribution in [0, 0.1) is 10.1 Å². The van der Waals surface area contributed by atoms with Crippen LogP contribution in [0.3, 0.4) is 0 Å². The van der Waals surface area contributed by atoms with Gasteiger partial charge in [-0.25, -0.2) is 0 Å². The number of non-ortho nitro benzene ring substituents is 1. The van der Waals surface area contributed by atoms with Gasteiger partial charge in [0.2, 0.25) is 0 Å². The molecule has 0 aliphatic carbocycles. The third kappa shape index (κ3) is 3.94. The predicted molar refractivity (Wildman–Crippen MR) is 109 cm³/mol. The topological polar surface area (TPSA) is 69.6 Å². The Morgan fingerprint density at radius 2 is 1.79 bits per heavy atom. The van der Waals surface area contributed by atoms with Gasteiger partial charge in [-0.2, -0.15) is 4.90 Å². The van der Waals surface area contributed by atoms with Crippen LogP contribution < -0.4 is 21.9 Å². The number of nitro benzene ring substituents is 1. The maximum Gasteiger partial charge on any atom is 0.275 e. The van der Waals surface area contributed by atoms with Crippen LogP contribution in [0.1, 0.15) is 43.7 Å². The van der Waals surface area contributed by atoms with Gasteiger partial charge in [0.25, 0.3) is 17.2 Å². The summed E-state index contributed by atoms with van der Waals surface area (Å²) in [5, 5.41) is 22.9. The van der Waals surface area contributed by atoms with E-state index in [2.05, 4.69) is 35.8 Å². The molecule has 0 bridgehead atoms. The van der Waals surface area contributed by atoms with Gasteiger partial charge in [0.15, 0.2) is 6.54 Å². The monoisotopic (exact) mass is 459 g/mol. The van der Waals surface area contributed by atoms with Gasteiger partial charge in [-0.15, -0.1) is 0 Å². The number of aliphatic hydroxyl groups is 1. The molecule has 2 aromatic carbocycles. The predicted octanol–water partition coefficient (Wildman–Crippen LogP) is 0.811. The minimum absolute atomic E-state index is 0. The highest BCUT2D eigenvalue weighted by Crippen LogP contribution is 2.38. The highest BCUT2D eigenvalue weighted by atomic mass is 79.9. The zero-order chi connectivity index (χ0) is 19.7. The van der Waals surface area contributed by atoms with Crippen molar-refractivity contribution < 1.29 is 31.6 Å². The van der Waals surface area contributed by atoms with E-state index in [4.69, 9.17) is 0 Å². The SMILES string of the molecule is CCc1ccc(N2C3=[N+](CCCCC3)CC2(O)c2ccc([N+](=O)[O-])cc2)cc1.[Br-]. The second kappa shape index (κ2) is 8.63. The Balaban J connectivity index is 0.00000240. The van der Waals surface area contributed by atoms with E-state index >= 15 is 0 Å². The first kappa shape index (κ1) is 21.5. The molecule has 0 radical (unpaired) electrons. The lowest BCUT2D eigenvalue weighted by Gasteiger charge is -2.29. The summed E-state index contributed by atoms with van der Waals surface area (Å²) >= 11 is 0. The molecule has 0 aromatic heterocycles. The Morgan fingerprint density at radius 3 is 2.41 bits per heavy atom. The molecule has 6 nitrogen and oxygen atoms in total. The quantitative estimate of drug-likeness (QED) is 0.417. The molecule has 0 spiro atoms. The lowest BCUT2D eigenvalue weighted by molar-refractivity contribution is -0.534. The molecule has 0 saturated heterocycles. The summed E-state index contributed by atoms with van der Waals surface area (Å²) in [4.78, 5) is 12.7. The minimum Gasteiger partial charge on any atom is -1.00 e. The first-order valence-electron chi connectivity index (χ1n) is 10.00. The average Bonchev–Trinajstić information content (AvgIpc) is 2.84. The van der Waals surface area contributed by atoms with Gasteiger partial charge in [-0.05, 0) is 55.5 Å². The summed E-state index contributed by atoms with van der Waals surface area (Å²) in [6, 6.07) is 14.6. The largest absolute Gasteiger partial charge is 1.00 e. The van der Waals surface area contributed by atoms with E-state index in [1.165, 1.54) is 24.1 Å². The number of hydrogen-bond acceptors (Lipinski definition) is 4. The maximum atomic E-state index is 11.8. The standard InChI is InChI=1S/C22H26N3O3.BrH/c1-2-17-7-11-19(12-8-17)24-21-6-4-3-5-15-23(21)16-22(24,26)18-9-13-20(14-10-18)25(27)28;/h7-14,26H,2-6,15-16H2,1H3;1H/q+1;/p-1. The molecule has 2 aliphatic rings. The van der Waals surface area contributed by atoms with E-state index in [1.807, 2.05) is 4.90 Å². The molecule has 0 fully saturated rings. The van der Waals surface area contributed by atoms with E-state index in [-0.39, 0.29) is 22.7 Å². The highest BCUT2D eigenvalue weighted by Gasteiger charge is 2.54. The molecule has 2 aliphatic heterocycles. The lowest BCUT2D eigenvalue weighted by Crippen LogP contribution is -3.00. The normalized spacial score (nSPS) is 21.4. The minimum atomic E-state index is -1.24. The molecule has 4 rings (SSSR count). The molecule has 2 aromatic rings. The van der Waals surface area contributed by atoms with Crippen LogP contribution in [0.5, 0.6) is 0 Å². The average molecular weight is 460 g/mol. The Labute approximate surface area is 181 Å². The summed E-state index contributed by atoms with van der Waals surface area (Å²) in [5.74, 6) is 1.14. The van der Waals surface area contributed by atoms with E-state index in [1.54, 1.807) is 12.1 Å². The number of rotatable bonds is 4. The van der Waals surface area contributed by atoms with Crippen LogP contribution in [0.25, 0.3) is 0 Å². The van der Waals surface area contributed by atoms with Gasteiger partial charge in [0, 0.05) is 24.1 Å². The molecule has 1 atom stereocenters. The Hall–Kier alpha value is -2.25. The number of nitrogens with zero attached hydrogens (tertiary/aromatic N) is 3. The molecular weight excluding hydrogens is 434 g/mol. The summed E-state index contributed by atoms with van der Waals surface area (Å²) in [6.45, 7) is 3.52. The van der Waals surface area contributed by atoms with Crippen LogP contribution in [0.2, 0.25) is 0 Å². The molecule has 154 valence electrons. The van der Waals surface area contributed by atoms with Crippen LogP contribution in [-0.2, 0) is 12.1 Å². The molecule has 0 saturated carbocycles. The van der Waals surface area contributed by atoms with Crippen molar-refractivity contribution in [3.05, 3.63) is 69.8 Å². The lowest BCUT2D eigenvalue weighted by atomic mass is 9.99. The van der Waals surface area contributed by atoms with Gasteiger partial charge in [-0.3, -0.25) is 14.7 Å². The van der Waals surface area contributed by atoms with E-state index in [0.29, 0.717) is 12.1 Å². The highest BCUT2D eigenvalue weighted by molar-refractivity contribution is 5.97. The van der Waals surface area contributed by atoms with Crippen molar-refractivity contribution in [3.63, 3.8) is 0 Å². The Bertz CT molecular complexity index is 912. The van der Waals surface area contributed by atoms with Gasteiger partial charge in [0.05, 0.1) is 11.5 Å². The molecule has 1 unspecified atom stereocenters. The number of hydrogen-bond donors (Lipinski definition) is 1. The molecule has 0 amide bonds. The molecule has 7 heteroatoms. The van der Waals surface area contributed by atoms with Crippen molar-refractivity contribution in [2.45, 2.75) is 44.8 Å². The number of aryl methyl sites for hydroxylation is 1. The molecular formula is C22H26BrN3O3. The Morgan fingerprint density at radius 1 is 1.10 bits per heavy atom. The van der Waals surface area contributed by atoms with Crippen molar-refractivity contribution in [2.75, 3.05) is 18.0 Å². The van der Waals surface area contributed by atoms with Crippen LogP contribution in [0.15, 0.2) is 48.5 Å². The summed E-state index contributed by atoms with van der Waals surface area (Å²) in [7, 11) is 0. The van der Waals surface area contributed by atoms with E-state index in [0.717, 1.165) is 43.8 Å². The second-order valence-corrected chi connectivity index (χ2v) is 7.62. The van der Waals surface area contributed by atoms with E-state index < -0.39 is 10.6 Å². The van der Waals surface area contributed by atoms with Crippen LogP contribution in [0.4, 0.5) is 11.4 Å². The zero-order valence-corrected chi connectivity index (χ0v) is 18.1. The van der Waals surface area contributed by atoms with Crippen LogP contribution >= 0.6 is 0 Å². The first-order valence-corrected chi connectivity index (χ1v) is 10.00. The van der Waals surface area contributed by atoms with Gasteiger partial charge in [0.1, 0.15) is 5.69 Å². The van der Waals surface area contributed by atoms with Crippen molar-refractivity contribution in [3.8, 4) is 0 Å².